The molecule has 0 atom stereocenters. The molecule has 0 radical (unpaired) electrons. The van der Waals surface area contributed by atoms with Crippen molar-refractivity contribution < 1.29 is 0 Å². The quantitative estimate of drug-likeness (QED) is 0.813. The number of nitrogens with zero attached hydrogens (tertiary/aromatic N) is 2. The van der Waals surface area contributed by atoms with Crippen LogP contribution < -0.4 is 5.73 Å². The summed E-state index contributed by atoms with van der Waals surface area (Å²) in [5, 5.41) is 0. The molecule has 2 heterocycles. The van der Waals surface area contributed by atoms with Gasteiger partial charge in [-0.05, 0) is 56.9 Å². The number of anilines is 1. The Morgan fingerprint density at radius 3 is 2.87 bits per heavy atom. The zero-order chi connectivity index (χ0) is 10.5. The first-order valence-electron chi connectivity index (χ1n) is 5.77. The van der Waals surface area contributed by atoms with Gasteiger partial charge in [0.15, 0.2) is 0 Å². The molecule has 3 nitrogen and oxygen atoms in total. The van der Waals surface area contributed by atoms with Gasteiger partial charge in [-0.2, -0.15) is 0 Å². The van der Waals surface area contributed by atoms with Crippen LogP contribution in [0.5, 0.6) is 0 Å². The van der Waals surface area contributed by atoms with E-state index < -0.39 is 0 Å². The Kier molecular flexibility index (Phi) is 3.56. The molecule has 0 unspecified atom stereocenters. The molecule has 1 aromatic heterocycles. The highest BCUT2D eigenvalue weighted by Crippen LogP contribution is 2.13. The smallest absolute Gasteiger partial charge is 0.0533 e. The van der Waals surface area contributed by atoms with E-state index in [0.717, 1.165) is 12.1 Å². The van der Waals surface area contributed by atoms with Gasteiger partial charge in [0.05, 0.1) is 11.9 Å². The van der Waals surface area contributed by atoms with Crippen LogP contribution in [0.2, 0.25) is 0 Å². The third kappa shape index (κ3) is 2.93. The van der Waals surface area contributed by atoms with Crippen molar-refractivity contribution in [1.29, 1.82) is 0 Å². The fourth-order valence-corrected chi connectivity index (χ4v) is 2.16. The molecular weight excluding hydrogens is 186 g/mol. The molecular formula is C12H19N3. The SMILES string of the molecule is Nc1cnccc1CCCN1CCCC1. The molecule has 0 saturated carbocycles. The molecule has 2 rings (SSSR count). The second kappa shape index (κ2) is 5.12. The molecule has 1 aliphatic heterocycles. The summed E-state index contributed by atoms with van der Waals surface area (Å²) in [5.74, 6) is 0. The van der Waals surface area contributed by atoms with Gasteiger partial charge in [0.25, 0.3) is 0 Å². The first kappa shape index (κ1) is 10.4. The summed E-state index contributed by atoms with van der Waals surface area (Å²) < 4.78 is 0. The number of hydrogen-bond acceptors (Lipinski definition) is 3. The first-order chi connectivity index (χ1) is 7.36. The highest BCUT2D eigenvalue weighted by molar-refractivity contribution is 5.43. The van der Waals surface area contributed by atoms with E-state index >= 15 is 0 Å². The average molecular weight is 205 g/mol. The van der Waals surface area contributed by atoms with Gasteiger partial charge in [0.2, 0.25) is 0 Å². The minimum Gasteiger partial charge on any atom is -0.397 e. The number of aryl methyl sites for hydroxylation is 1. The van der Waals surface area contributed by atoms with Gasteiger partial charge in [-0.1, -0.05) is 0 Å². The molecule has 1 saturated heterocycles. The molecule has 1 fully saturated rings. The van der Waals surface area contributed by atoms with Crippen molar-refractivity contribution in [3.05, 3.63) is 24.0 Å². The van der Waals surface area contributed by atoms with Crippen molar-refractivity contribution in [3.63, 3.8) is 0 Å². The van der Waals surface area contributed by atoms with Gasteiger partial charge in [-0.25, -0.2) is 0 Å². The molecule has 0 aliphatic carbocycles. The lowest BCUT2D eigenvalue weighted by atomic mass is 10.1. The molecule has 0 amide bonds. The topological polar surface area (TPSA) is 42.1 Å². The van der Waals surface area contributed by atoms with E-state index in [4.69, 9.17) is 5.73 Å². The number of pyridine rings is 1. The Balaban J connectivity index is 1.75. The van der Waals surface area contributed by atoms with Crippen LogP contribution in [0.15, 0.2) is 18.5 Å². The Morgan fingerprint density at radius 2 is 2.13 bits per heavy atom. The summed E-state index contributed by atoms with van der Waals surface area (Å²) in [5.41, 5.74) is 7.91. The van der Waals surface area contributed by atoms with Crippen LogP contribution in [-0.2, 0) is 6.42 Å². The van der Waals surface area contributed by atoms with Crippen molar-refractivity contribution in [1.82, 2.24) is 9.88 Å². The zero-order valence-corrected chi connectivity index (χ0v) is 9.15. The van der Waals surface area contributed by atoms with E-state index in [1.54, 1.807) is 6.20 Å². The van der Waals surface area contributed by atoms with Gasteiger partial charge >= 0.3 is 0 Å². The van der Waals surface area contributed by atoms with Crippen LogP contribution in [0.3, 0.4) is 0 Å². The highest BCUT2D eigenvalue weighted by atomic mass is 15.1. The van der Waals surface area contributed by atoms with Crippen LogP contribution in [-0.4, -0.2) is 29.5 Å². The summed E-state index contributed by atoms with van der Waals surface area (Å²) in [6.45, 7) is 3.78. The third-order valence-electron chi connectivity index (χ3n) is 3.07. The minimum atomic E-state index is 0.832. The monoisotopic (exact) mass is 205 g/mol. The van der Waals surface area contributed by atoms with E-state index in [0.29, 0.717) is 0 Å². The van der Waals surface area contributed by atoms with E-state index in [2.05, 4.69) is 9.88 Å². The lowest BCUT2D eigenvalue weighted by Crippen LogP contribution is -2.20. The number of nitrogen functional groups attached to an aromatic ring is 1. The molecule has 1 aliphatic rings. The Morgan fingerprint density at radius 1 is 1.33 bits per heavy atom. The second-order valence-electron chi connectivity index (χ2n) is 4.23. The van der Waals surface area contributed by atoms with Crippen molar-refractivity contribution in [2.45, 2.75) is 25.7 Å². The molecule has 3 heteroatoms. The van der Waals surface area contributed by atoms with Gasteiger partial charge < -0.3 is 10.6 Å². The molecule has 0 spiro atoms. The van der Waals surface area contributed by atoms with E-state index in [1.807, 2.05) is 12.3 Å². The standard InChI is InChI=1S/C12H19N3/c13-12-10-14-6-5-11(12)4-3-9-15-7-1-2-8-15/h5-6,10H,1-4,7-9,13H2. The zero-order valence-electron chi connectivity index (χ0n) is 9.15. The van der Waals surface area contributed by atoms with Gasteiger partial charge in [-0.3, -0.25) is 4.98 Å². The van der Waals surface area contributed by atoms with Gasteiger partial charge in [0.1, 0.15) is 0 Å². The lowest BCUT2D eigenvalue weighted by molar-refractivity contribution is 0.334. The van der Waals surface area contributed by atoms with Crippen LogP contribution in [0, 0.1) is 0 Å². The first-order valence-corrected chi connectivity index (χ1v) is 5.77. The molecule has 0 aromatic carbocycles. The number of likely N-dealkylation sites (tertiary alicyclic amines) is 1. The maximum Gasteiger partial charge on any atom is 0.0533 e. The maximum absolute atomic E-state index is 5.84. The van der Waals surface area contributed by atoms with E-state index in [-0.39, 0.29) is 0 Å². The van der Waals surface area contributed by atoms with Crippen LogP contribution in [0.25, 0.3) is 0 Å². The number of aromatic nitrogens is 1. The molecule has 1 aromatic rings. The van der Waals surface area contributed by atoms with Crippen molar-refractivity contribution in [2.75, 3.05) is 25.4 Å². The summed E-state index contributed by atoms with van der Waals surface area (Å²) in [6.07, 6.45) is 8.58. The Bertz CT molecular complexity index is 305. The van der Waals surface area contributed by atoms with Gasteiger partial charge in [-0.15, -0.1) is 0 Å². The molecule has 2 N–H and O–H groups in total. The normalized spacial score (nSPS) is 17.1. The minimum absolute atomic E-state index is 0.832. The highest BCUT2D eigenvalue weighted by Gasteiger charge is 2.10. The van der Waals surface area contributed by atoms with Crippen molar-refractivity contribution in [3.8, 4) is 0 Å². The van der Waals surface area contributed by atoms with E-state index in [9.17, 15) is 0 Å². The summed E-state index contributed by atoms with van der Waals surface area (Å²) in [7, 11) is 0. The van der Waals surface area contributed by atoms with Crippen molar-refractivity contribution in [2.24, 2.45) is 0 Å². The number of rotatable bonds is 4. The van der Waals surface area contributed by atoms with E-state index in [1.165, 1.54) is 44.5 Å². The molecule has 82 valence electrons. The predicted octanol–water partition coefficient (Wildman–Crippen LogP) is 1.69. The fourth-order valence-electron chi connectivity index (χ4n) is 2.16. The summed E-state index contributed by atoms with van der Waals surface area (Å²) in [6, 6.07) is 2.03. The third-order valence-corrected chi connectivity index (χ3v) is 3.07. The second-order valence-corrected chi connectivity index (χ2v) is 4.23. The maximum atomic E-state index is 5.84. The average Bonchev–Trinajstić information content (AvgIpc) is 2.74. The number of hydrogen-bond donors (Lipinski definition) is 1. The van der Waals surface area contributed by atoms with Crippen LogP contribution >= 0.6 is 0 Å². The van der Waals surface area contributed by atoms with Crippen LogP contribution in [0.1, 0.15) is 24.8 Å². The lowest BCUT2D eigenvalue weighted by Gasteiger charge is -2.14. The predicted molar refractivity (Wildman–Crippen MR) is 62.6 cm³/mol. The number of nitrogens with two attached hydrogens (primary N) is 1. The van der Waals surface area contributed by atoms with Crippen LogP contribution in [0.4, 0.5) is 5.69 Å². The molecule has 0 bridgehead atoms. The summed E-state index contributed by atoms with van der Waals surface area (Å²) in [4.78, 5) is 6.53. The van der Waals surface area contributed by atoms with Gasteiger partial charge in [0, 0.05) is 6.20 Å². The molecule has 15 heavy (non-hydrogen) atoms. The Labute approximate surface area is 91.3 Å². The van der Waals surface area contributed by atoms with Crippen molar-refractivity contribution >= 4 is 5.69 Å². The Hall–Kier alpha value is -1.09. The largest absolute Gasteiger partial charge is 0.397 e. The summed E-state index contributed by atoms with van der Waals surface area (Å²) >= 11 is 0. The fraction of sp³-hybridized carbons (Fsp3) is 0.583.